The van der Waals surface area contributed by atoms with E-state index in [0.717, 1.165) is 4.90 Å². The molecule has 1 N–H and O–H groups in total. The third kappa shape index (κ3) is 3.32. The number of carbonyl (C=O) groups excluding carboxylic acids is 1. The van der Waals surface area contributed by atoms with E-state index >= 15 is 0 Å². The molecule has 1 unspecified atom stereocenters. The van der Waals surface area contributed by atoms with Gasteiger partial charge in [-0.25, -0.2) is 14.0 Å². The number of carboxylic acid groups (broad SMARTS) is 1. The van der Waals surface area contributed by atoms with Gasteiger partial charge in [0.25, 0.3) is 0 Å². The third-order valence-electron chi connectivity index (χ3n) is 3.27. The summed E-state index contributed by atoms with van der Waals surface area (Å²) in [6.45, 7) is 5.34. The van der Waals surface area contributed by atoms with Crippen LogP contribution >= 0.6 is 0 Å². The molecule has 2 atom stereocenters. The Morgan fingerprint density at radius 2 is 2.05 bits per heavy atom. The number of hydrogen-bond donors (Lipinski definition) is 1. The molecule has 1 aromatic carbocycles. The molecular weight excluding hydrogens is 277 g/mol. The molecule has 0 radical (unpaired) electrons. The summed E-state index contributed by atoms with van der Waals surface area (Å²) in [5.41, 5.74) is -0.119. The Morgan fingerprint density at radius 3 is 2.57 bits per heavy atom. The van der Waals surface area contributed by atoms with Crippen LogP contribution in [-0.4, -0.2) is 40.3 Å². The van der Waals surface area contributed by atoms with Gasteiger partial charge in [-0.3, -0.25) is 4.90 Å². The molecule has 0 bridgehead atoms. The van der Waals surface area contributed by atoms with E-state index in [1.807, 2.05) is 0 Å². The van der Waals surface area contributed by atoms with Crippen LogP contribution in [0.15, 0.2) is 24.3 Å². The lowest BCUT2D eigenvalue weighted by Gasteiger charge is -2.45. The number of halogens is 1. The van der Waals surface area contributed by atoms with Crippen LogP contribution in [0.2, 0.25) is 0 Å². The zero-order valence-electron chi connectivity index (χ0n) is 12.2. The minimum absolute atomic E-state index is 0.204. The van der Waals surface area contributed by atoms with Crippen molar-refractivity contribution in [1.82, 2.24) is 4.90 Å². The molecule has 1 aromatic rings. The number of carboxylic acids is 1. The maximum atomic E-state index is 13.2. The highest BCUT2D eigenvalue weighted by Gasteiger charge is 2.48. The second-order valence-electron chi connectivity index (χ2n) is 6.08. The first-order valence-corrected chi connectivity index (χ1v) is 6.67. The van der Waals surface area contributed by atoms with Crippen molar-refractivity contribution in [3.63, 3.8) is 0 Å². The highest BCUT2D eigenvalue weighted by Crippen LogP contribution is 2.35. The summed E-state index contributed by atoms with van der Waals surface area (Å²) < 4.78 is 18.4. The van der Waals surface area contributed by atoms with Gasteiger partial charge in [0.15, 0.2) is 0 Å². The van der Waals surface area contributed by atoms with Gasteiger partial charge in [-0.15, -0.1) is 0 Å². The summed E-state index contributed by atoms with van der Waals surface area (Å²) in [5, 5.41) is 9.31. The molecule has 1 amide bonds. The third-order valence-corrected chi connectivity index (χ3v) is 3.27. The van der Waals surface area contributed by atoms with Crippen molar-refractivity contribution < 1.29 is 23.8 Å². The van der Waals surface area contributed by atoms with E-state index in [1.165, 1.54) is 18.2 Å². The Hall–Kier alpha value is -2.11. The molecule has 5 nitrogen and oxygen atoms in total. The Bertz CT molecular complexity index is 567. The average molecular weight is 295 g/mol. The molecule has 1 heterocycles. The van der Waals surface area contributed by atoms with Gasteiger partial charge in [-0.2, -0.15) is 0 Å². The second-order valence-corrected chi connectivity index (χ2v) is 6.08. The minimum atomic E-state index is -1.12. The standard InChI is InChI=1S/C15H18FNO4/c1-15(2,3)21-14(20)17-8-11(12(17)13(18)19)9-5-4-6-10(16)7-9/h4-7,11-12H,8H2,1-3H3,(H,18,19)/t11-,12?/m1/s1. The van der Waals surface area contributed by atoms with Gasteiger partial charge in [0, 0.05) is 12.5 Å². The van der Waals surface area contributed by atoms with Crippen LogP contribution in [0.4, 0.5) is 9.18 Å². The molecule has 1 fully saturated rings. The van der Waals surface area contributed by atoms with Crippen molar-refractivity contribution in [1.29, 1.82) is 0 Å². The predicted octanol–water partition coefficient (Wildman–Crippen LogP) is 2.61. The molecule has 1 aliphatic rings. The number of aliphatic carboxylic acids is 1. The summed E-state index contributed by atoms with van der Waals surface area (Å²) in [6, 6.07) is 4.76. The average Bonchev–Trinajstić information content (AvgIpc) is 2.23. The van der Waals surface area contributed by atoms with E-state index in [-0.39, 0.29) is 6.54 Å². The Kier molecular flexibility index (Phi) is 3.89. The molecule has 0 aromatic heterocycles. The topological polar surface area (TPSA) is 66.8 Å². The molecular formula is C15H18FNO4. The van der Waals surface area contributed by atoms with Crippen LogP contribution in [0, 0.1) is 5.82 Å². The molecule has 1 aliphatic heterocycles. The predicted molar refractivity (Wildman–Crippen MR) is 73.5 cm³/mol. The number of hydrogen-bond acceptors (Lipinski definition) is 3. The summed E-state index contributed by atoms with van der Waals surface area (Å²) in [4.78, 5) is 24.5. The smallest absolute Gasteiger partial charge is 0.411 e. The van der Waals surface area contributed by atoms with Gasteiger partial charge in [-0.1, -0.05) is 12.1 Å². The van der Waals surface area contributed by atoms with Gasteiger partial charge in [0.05, 0.1) is 0 Å². The van der Waals surface area contributed by atoms with E-state index in [4.69, 9.17) is 4.74 Å². The van der Waals surface area contributed by atoms with E-state index < -0.39 is 35.4 Å². The number of likely N-dealkylation sites (tertiary alicyclic amines) is 1. The lowest BCUT2D eigenvalue weighted by Crippen LogP contribution is -2.61. The normalized spacial score (nSPS) is 21.6. The summed E-state index contributed by atoms with van der Waals surface area (Å²) >= 11 is 0. The van der Waals surface area contributed by atoms with Crippen LogP contribution in [-0.2, 0) is 9.53 Å². The van der Waals surface area contributed by atoms with Crippen LogP contribution < -0.4 is 0 Å². The second kappa shape index (κ2) is 5.35. The quantitative estimate of drug-likeness (QED) is 0.910. The molecule has 0 saturated carbocycles. The zero-order chi connectivity index (χ0) is 15.8. The van der Waals surface area contributed by atoms with Crippen molar-refractivity contribution in [3.05, 3.63) is 35.6 Å². The maximum absolute atomic E-state index is 13.2. The van der Waals surface area contributed by atoms with Gasteiger partial charge in [0.2, 0.25) is 0 Å². The fraction of sp³-hybridized carbons (Fsp3) is 0.467. The number of benzene rings is 1. The van der Waals surface area contributed by atoms with Gasteiger partial charge >= 0.3 is 12.1 Å². The van der Waals surface area contributed by atoms with E-state index in [2.05, 4.69) is 0 Å². The summed E-state index contributed by atoms with van der Waals surface area (Å²) in [6.07, 6.45) is -0.664. The molecule has 1 saturated heterocycles. The molecule has 0 aliphatic carbocycles. The fourth-order valence-corrected chi connectivity index (χ4v) is 2.34. The molecule has 114 valence electrons. The molecule has 21 heavy (non-hydrogen) atoms. The molecule has 0 spiro atoms. The lowest BCUT2D eigenvalue weighted by atomic mass is 9.83. The van der Waals surface area contributed by atoms with E-state index in [0.29, 0.717) is 5.56 Å². The molecule has 2 rings (SSSR count). The van der Waals surface area contributed by atoms with Crippen LogP contribution in [0.3, 0.4) is 0 Å². The fourth-order valence-electron chi connectivity index (χ4n) is 2.34. The number of rotatable bonds is 2. The number of amides is 1. The van der Waals surface area contributed by atoms with Crippen LogP contribution in [0.5, 0.6) is 0 Å². The van der Waals surface area contributed by atoms with Gasteiger partial charge in [0.1, 0.15) is 17.5 Å². The van der Waals surface area contributed by atoms with Gasteiger partial charge in [-0.05, 0) is 38.5 Å². The summed E-state index contributed by atoms with van der Waals surface area (Å²) in [5.74, 6) is -1.97. The first kappa shape index (κ1) is 15.3. The number of nitrogens with zero attached hydrogens (tertiary/aromatic N) is 1. The van der Waals surface area contributed by atoms with Crippen molar-refractivity contribution in [2.45, 2.75) is 38.3 Å². The lowest BCUT2D eigenvalue weighted by molar-refractivity contribution is -0.149. The molecule has 6 heteroatoms. The van der Waals surface area contributed by atoms with Gasteiger partial charge < -0.3 is 9.84 Å². The number of ether oxygens (including phenoxy) is 1. The first-order chi connectivity index (χ1) is 9.69. The van der Waals surface area contributed by atoms with Crippen LogP contribution in [0.25, 0.3) is 0 Å². The van der Waals surface area contributed by atoms with E-state index in [1.54, 1.807) is 26.8 Å². The van der Waals surface area contributed by atoms with Crippen molar-refractivity contribution in [2.75, 3.05) is 6.54 Å². The Morgan fingerprint density at radius 1 is 1.38 bits per heavy atom. The highest BCUT2D eigenvalue weighted by molar-refractivity contribution is 5.83. The SMILES string of the molecule is CC(C)(C)OC(=O)N1C[C@H](c2cccc(F)c2)C1C(=O)O. The Balaban J connectivity index is 2.15. The first-order valence-electron chi connectivity index (χ1n) is 6.67. The minimum Gasteiger partial charge on any atom is -0.480 e. The van der Waals surface area contributed by atoms with Crippen molar-refractivity contribution in [3.8, 4) is 0 Å². The largest absolute Gasteiger partial charge is 0.480 e. The maximum Gasteiger partial charge on any atom is 0.411 e. The zero-order valence-corrected chi connectivity index (χ0v) is 12.2. The highest BCUT2D eigenvalue weighted by atomic mass is 19.1. The van der Waals surface area contributed by atoms with Crippen molar-refractivity contribution >= 4 is 12.1 Å². The Labute approximate surface area is 122 Å². The number of carbonyl (C=O) groups is 2. The summed E-state index contributed by atoms with van der Waals surface area (Å²) in [7, 11) is 0. The van der Waals surface area contributed by atoms with Crippen molar-refractivity contribution in [2.24, 2.45) is 0 Å². The van der Waals surface area contributed by atoms with E-state index in [9.17, 15) is 19.1 Å². The van der Waals surface area contributed by atoms with Crippen LogP contribution in [0.1, 0.15) is 32.3 Å². The monoisotopic (exact) mass is 295 g/mol.